The van der Waals surface area contributed by atoms with Gasteiger partial charge in [0.15, 0.2) is 0 Å². The summed E-state index contributed by atoms with van der Waals surface area (Å²) < 4.78 is 0. The van der Waals surface area contributed by atoms with E-state index in [1.54, 1.807) is 0 Å². The van der Waals surface area contributed by atoms with Crippen molar-refractivity contribution in [1.82, 2.24) is 0 Å². The number of benzene rings is 1. The summed E-state index contributed by atoms with van der Waals surface area (Å²) in [5.41, 5.74) is 7.81. The number of rotatable bonds is 2. The Morgan fingerprint density at radius 1 is 1.29 bits per heavy atom. The van der Waals surface area contributed by atoms with Gasteiger partial charge in [-0.1, -0.05) is 17.7 Å². The van der Waals surface area contributed by atoms with Gasteiger partial charge in [0.1, 0.15) is 0 Å². The SMILES string of the molecule is NCc1ccc(N2CCCC2)cc1Cl. The van der Waals surface area contributed by atoms with Crippen molar-refractivity contribution in [3.63, 3.8) is 0 Å². The molecule has 0 unspecified atom stereocenters. The van der Waals surface area contributed by atoms with Crippen molar-refractivity contribution in [1.29, 1.82) is 0 Å². The average Bonchev–Trinajstić information content (AvgIpc) is 2.70. The molecule has 0 aromatic heterocycles. The van der Waals surface area contributed by atoms with Crippen LogP contribution in [0.5, 0.6) is 0 Å². The lowest BCUT2D eigenvalue weighted by atomic mass is 10.2. The standard InChI is InChI=1S/C11H15ClN2/c12-11-7-10(4-3-9(11)8-13)14-5-1-2-6-14/h3-4,7H,1-2,5-6,8,13H2. The van der Waals surface area contributed by atoms with Crippen molar-refractivity contribution in [3.8, 4) is 0 Å². The molecule has 14 heavy (non-hydrogen) atoms. The Bertz CT molecular complexity index is 319. The summed E-state index contributed by atoms with van der Waals surface area (Å²) in [6.07, 6.45) is 2.58. The smallest absolute Gasteiger partial charge is 0.0471 e. The van der Waals surface area contributed by atoms with Gasteiger partial charge in [0, 0.05) is 30.3 Å². The highest BCUT2D eigenvalue weighted by Crippen LogP contribution is 2.25. The molecule has 1 fully saturated rings. The Morgan fingerprint density at radius 3 is 2.57 bits per heavy atom. The van der Waals surface area contributed by atoms with Gasteiger partial charge in [0.25, 0.3) is 0 Å². The molecule has 0 aliphatic carbocycles. The summed E-state index contributed by atoms with van der Waals surface area (Å²) in [5.74, 6) is 0. The van der Waals surface area contributed by atoms with Crippen LogP contribution in [0, 0.1) is 0 Å². The lowest BCUT2D eigenvalue weighted by Gasteiger charge is -2.18. The molecule has 0 spiro atoms. The van der Waals surface area contributed by atoms with Crippen molar-refractivity contribution < 1.29 is 0 Å². The molecular formula is C11H15ClN2. The molecule has 2 rings (SSSR count). The quantitative estimate of drug-likeness (QED) is 0.813. The van der Waals surface area contributed by atoms with Crippen LogP contribution in [0.2, 0.25) is 5.02 Å². The first-order valence-corrected chi connectivity index (χ1v) is 5.42. The van der Waals surface area contributed by atoms with E-state index in [0.717, 1.165) is 23.7 Å². The van der Waals surface area contributed by atoms with E-state index in [1.165, 1.54) is 18.5 Å². The van der Waals surface area contributed by atoms with Gasteiger partial charge in [-0.25, -0.2) is 0 Å². The summed E-state index contributed by atoms with van der Waals surface area (Å²) in [6.45, 7) is 2.82. The van der Waals surface area contributed by atoms with Crippen LogP contribution in [0.1, 0.15) is 18.4 Å². The van der Waals surface area contributed by atoms with Gasteiger partial charge in [0.2, 0.25) is 0 Å². The van der Waals surface area contributed by atoms with Crippen LogP contribution in [0.25, 0.3) is 0 Å². The molecule has 3 heteroatoms. The van der Waals surface area contributed by atoms with Gasteiger partial charge in [0.05, 0.1) is 0 Å². The van der Waals surface area contributed by atoms with E-state index >= 15 is 0 Å². The Balaban J connectivity index is 2.23. The van der Waals surface area contributed by atoms with Crippen LogP contribution in [0.15, 0.2) is 18.2 Å². The first kappa shape index (κ1) is 9.81. The third-order valence-corrected chi connectivity index (χ3v) is 3.08. The second-order valence-corrected chi connectivity index (χ2v) is 4.08. The lowest BCUT2D eigenvalue weighted by molar-refractivity contribution is 0.949. The predicted molar refractivity (Wildman–Crippen MR) is 60.8 cm³/mol. The van der Waals surface area contributed by atoms with Gasteiger partial charge in [-0.3, -0.25) is 0 Å². The van der Waals surface area contributed by atoms with Gasteiger partial charge >= 0.3 is 0 Å². The van der Waals surface area contributed by atoms with Crippen LogP contribution in [0.4, 0.5) is 5.69 Å². The zero-order chi connectivity index (χ0) is 9.97. The van der Waals surface area contributed by atoms with Crippen LogP contribution in [-0.2, 0) is 6.54 Å². The molecule has 1 aromatic rings. The Kier molecular flexibility index (Phi) is 2.94. The maximum atomic E-state index is 6.10. The molecule has 1 aliphatic heterocycles. The number of nitrogens with zero attached hydrogens (tertiary/aromatic N) is 1. The third kappa shape index (κ3) is 1.86. The fraction of sp³-hybridized carbons (Fsp3) is 0.455. The predicted octanol–water partition coefficient (Wildman–Crippen LogP) is 2.40. The van der Waals surface area contributed by atoms with Crippen molar-refractivity contribution in [2.45, 2.75) is 19.4 Å². The molecule has 2 nitrogen and oxygen atoms in total. The van der Waals surface area contributed by atoms with E-state index < -0.39 is 0 Å². The van der Waals surface area contributed by atoms with Crippen molar-refractivity contribution >= 4 is 17.3 Å². The number of anilines is 1. The largest absolute Gasteiger partial charge is 0.371 e. The molecule has 2 N–H and O–H groups in total. The Labute approximate surface area is 89.7 Å². The molecule has 0 radical (unpaired) electrons. The van der Waals surface area contributed by atoms with E-state index in [1.807, 2.05) is 12.1 Å². The zero-order valence-corrected chi connectivity index (χ0v) is 8.93. The van der Waals surface area contributed by atoms with Crippen molar-refractivity contribution in [2.75, 3.05) is 18.0 Å². The first-order chi connectivity index (χ1) is 6.81. The van der Waals surface area contributed by atoms with E-state index in [4.69, 9.17) is 17.3 Å². The van der Waals surface area contributed by atoms with Crippen LogP contribution in [0.3, 0.4) is 0 Å². The molecule has 0 atom stereocenters. The summed E-state index contributed by atoms with van der Waals surface area (Å²) >= 11 is 6.10. The van der Waals surface area contributed by atoms with Crippen LogP contribution in [-0.4, -0.2) is 13.1 Å². The van der Waals surface area contributed by atoms with E-state index in [-0.39, 0.29) is 0 Å². The first-order valence-electron chi connectivity index (χ1n) is 5.04. The number of halogens is 1. The minimum Gasteiger partial charge on any atom is -0.371 e. The maximum absolute atomic E-state index is 6.10. The number of nitrogens with two attached hydrogens (primary N) is 1. The normalized spacial score (nSPS) is 16.3. The molecule has 0 amide bonds. The lowest BCUT2D eigenvalue weighted by Crippen LogP contribution is -2.17. The van der Waals surface area contributed by atoms with E-state index in [9.17, 15) is 0 Å². The topological polar surface area (TPSA) is 29.3 Å². The third-order valence-electron chi connectivity index (χ3n) is 2.73. The second-order valence-electron chi connectivity index (χ2n) is 3.67. The number of hydrogen-bond donors (Lipinski definition) is 1. The molecule has 1 aliphatic rings. The minimum absolute atomic E-state index is 0.513. The molecule has 0 saturated carbocycles. The molecule has 76 valence electrons. The zero-order valence-electron chi connectivity index (χ0n) is 8.17. The Morgan fingerprint density at radius 2 is 2.00 bits per heavy atom. The summed E-state index contributed by atoms with van der Waals surface area (Å²) in [6, 6.07) is 6.16. The monoisotopic (exact) mass is 210 g/mol. The fourth-order valence-electron chi connectivity index (χ4n) is 1.87. The minimum atomic E-state index is 0.513. The van der Waals surface area contributed by atoms with Crippen molar-refractivity contribution in [3.05, 3.63) is 28.8 Å². The highest BCUT2D eigenvalue weighted by atomic mass is 35.5. The van der Waals surface area contributed by atoms with Crippen LogP contribution < -0.4 is 10.6 Å². The summed E-state index contributed by atoms with van der Waals surface area (Å²) in [5, 5.41) is 0.789. The summed E-state index contributed by atoms with van der Waals surface area (Å²) in [7, 11) is 0. The molecular weight excluding hydrogens is 196 g/mol. The summed E-state index contributed by atoms with van der Waals surface area (Å²) in [4.78, 5) is 2.37. The van der Waals surface area contributed by atoms with Crippen molar-refractivity contribution in [2.24, 2.45) is 5.73 Å². The number of hydrogen-bond acceptors (Lipinski definition) is 2. The van der Waals surface area contributed by atoms with Crippen LogP contribution >= 0.6 is 11.6 Å². The van der Waals surface area contributed by atoms with Gasteiger partial charge in [-0.05, 0) is 30.5 Å². The molecule has 1 aromatic carbocycles. The Hall–Kier alpha value is -0.730. The average molecular weight is 211 g/mol. The molecule has 1 heterocycles. The fourth-order valence-corrected chi connectivity index (χ4v) is 2.13. The van der Waals surface area contributed by atoms with Gasteiger partial charge < -0.3 is 10.6 Å². The van der Waals surface area contributed by atoms with Gasteiger partial charge in [-0.15, -0.1) is 0 Å². The maximum Gasteiger partial charge on any atom is 0.0471 e. The molecule has 1 saturated heterocycles. The van der Waals surface area contributed by atoms with E-state index in [0.29, 0.717) is 6.54 Å². The highest BCUT2D eigenvalue weighted by molar-refractivity contribution is 6.31. The van der Waals surface area contributed by atoms with E-state index in [2.05, 4.69) is 11.0 Å². The molecule has 0 bridgehead atoms. The highest BCUT2D eigenvalue weighted by Gasteiger charge is 2.12. The van der Waals surface area contributed by atoms with Gasteiger partial charge in [-0.2, -0.15) is 0 Å². The second kappa shape index (κ2) is 4.20.